The zero-order valence-corrected chi connectivity index (χ0v) is 23.7. The average Bonchev–Trinajstić information content (AvgIpc) is 2.87. The molecule has 2 heterocycles. The minimum atomic E-state index is -0.524. The Morgan fingerprint density at radius 1 is 1.03 bits per heavy atom. The predicted octanol–water partition coefficient (Wildman–Crippen LogP) is 7.98. The van der Waals surface area contributed by atoms with Crippen LogP contribution in [0.2, 0.25) is 5.02 Å². The van der Waals surface area contributed by atoms with Crippen LogP contribution in [0.4, 0.5) is 5.69 Å². The van der Waals surface area contributed by atoms with E-state index in [0.717, 1.165) is 41.5 Å². The fourth-order valence-corrected chi connectivity index (χ4v) is 4.71. The topological polar surface area (TPSA) is 74.6 Å². The first kappa shape index (κ1) is 30.1. The Bertz CT molecular complexity index is 1140. The molecule has 0 amide bonds. The summed E-state index contributed by atoms with van der Waals surface area (Å²) in [6.07, 6.45) is 21.6. The van der Waals surface area contributed by atoms with E-state index in [9.17, 15) is 10.2 Å². The number of aliphatic hydroxyl groups excluding tert-OH is 2. The van der Waals surface area contributed by atoms with Gasteiger partial charge in [-0.1, -0.05) is 80.0 Å². The summed E-state index contributed by atoms with van der Waals surface area (Å²) < 4.78 is 6.30. The molecule has 0 saturated heterocycles. The van der Waals surface area contributed by atoms with Gasteiger partial charge in [-0.3, -0.25) is 0 Å². The normalized spacial score (nSPS) is 19.1. The highest BCUT2D eigenvalue weighted by molar-refractivity contribution is 6.31. The molecule has 0 aliphatic carbocycles. The zero-order valence-electron chi connectivity index (χ0n) is 22.9. The maximum Gasteiger partial charge on any atom is 0.129 e. The van der Waals surface area contributed by atoms with Gasteiger partial charge in [0.2, 0.25) is 0 Å². The van der Waals surface area contributed by atoms with E-state index >= 15 is 0 Å². The van der Waals surface area contributed by atoms with Crippen molar-refractivity contribution in [1.29, 1.82) is 0 Å². The molecule has 5 nitrogen and oxygen atoms in total. The molecule has 206 valence electrons. The van der Waals surface area contributed by atoms with Crippen molar-refractivity contribution in [2.75, 3.05) is 5.32 Å². The van der Waals surface area contributed by atoms with Crippen LogP contribution in [-0.2, 0) is 10.3 Å². The molecule has 3 atom stereocenters. The van der Waals surface area contributed by atoms with Crippen LogP contribution in [0.5, 0.6) is 0 Å². The lowest BCUT2D eigenvalue weighted by atomic mass is 9.98. The molecule has 1 aliphatic heterocycles. The maximum absolute atomic E-state index is 10.3. The smallest absolute Gasteiger partial charge is 0.129 e. The Kier molecular flexibility index (Phi) is 12.1. The van der Waals surface area contributed by atoms with E-state index in [-0.39, 0.29) is 6.23 Å². The second kappa shape index (κ2) is 15.2. The Labute approximate surface area is 233 Å². The molecule has 0 bridgehead atoms. The average molecular weight is 539 g/mol. The number of benzene rings is 1. The second-order valence-electron chi connectivity index (χ2n) is 10.4. The van der Waals surface area contributed by atoms with Gasteiger partial charge in [0, 0.05) is 10.4 Å². The minimum absolute atomic E-state index is 0.158. The number of ether oxygens (including phenoxy) is 1. The molecule has 0 fully saturated rings. The van der Waals surface area contributed by atoms with Crippen molar-refractivity contribution in [3.63, 3.8) is 0 Å². The number of hydrogen-bond acceptors (Lipinski definition) is 5. The SMILES string of the molecule is CCCCC/C=C\C[C@@H](O)/C=C/C=C/C=C\[C@@H](O)CCCC1Nc2cc3cc(Cl)ccc3nc2C(C)(C)O1. The third-order valence-electron chi connectivity index (χ3n) is 6.59. The van der Waals surface area contributed by atoms with Crippen molar-refractivity contribution in [3.8, 4) is 0 Å². The highest BCUT2D eigenvalue weighted by Gasteiger charge is 2.35. The molecular weight excluding hydrogens is 496 g/mol. The summed E-state index contributed by atoms with van der Waals surface area (Å²) in [6, 6.07) is 7.79. The van der Waals surface area contributed by atoms with E-state index in [1.165, 1.54) is 19.3 Å². The van der Waals surface area contributed by atoms with Gasteiger partial charge in [-0.05, 0) is 76.6 Å². The summed E-state index contributed by atoms with van der Waals surface area (Å²) in [5, 5.41) is 25.5. The Morgan fingerprint density at radius 3 is 2.55 bits per heavy atom. The molecule has 3 rings (SSSR count). The maximum atomic E-state index is 10.3. The molecule has 1 aromatic carbocycles. The highest BCUT2D eigenvalue weighted by atomic mass is 35.5. The standard InChI is InChI=1S/C32H43ClN2O3/c1-4-5-6-7-8-11-15-26(36)16-12-9-10-13-17-27(37)18-14-19-30-34-29-23-24-22-25(33)20-21-28(24)35-31(29)32(2,3)38-30/h8-13,16-17,20-23,26-27,30,34,36-37H,4-7,14-15,18-19H2,1-3H3/b10-9+,11-8-,16-12+,17-13-/t26-,27-,30?/m1/s1. The lowest BCUT2D eigenvalue weighted by Gasteiger charge is -2.38. The number of aromatic nitrogens is 1. The predicted molar refractivity (Wildman–Crippen MR) is 159 cm³/mol. The number of rotatable bonds is 14. The molecule has 0 saturated carbocycles. The van der Waals surface area contributed by atoms with Crippen molar-refractivity contribution in [2.45, 2.75) is 96.2 Å². The number of unbranched alkanes of at least 4 members (excludes halogenated alkanes) is 3. The number of nitrogens with zero attached hydrogens (tertiary/aromatic N) is 1. The molecule has 1 aromatic heterocycles. The first-order valence-electron chi connectivity index (χ1n) is 13.9. The van der Waals surface area contributed by atoms with Gasteiger partial charge in [0.05, 0.1) is 29.1 Å². The van der Waals surface area contributed by atoms with Crippen molar-refractivity contribution in [1.82, 2.24) is 4.98 Å². The Balaban J connectivity index is 1.39. The van der Waals surface area contributed by atoms with Crippen LogP contribution < -0.4 is 5.32 Å². The number of allylic oxidation sites excluding steroid dienone is 5. The van der Waals surface area contributed by atoms with Crippen molar-refractivity contribution in [3.05, 3.63) is 83.6 Å². The second-order valence-corrected chi connectivity index (χ2v) is 10.8. The van der Waals surface area contributed by atoms with E-state index in [0.29, 0.717) is 17.9 Å². The molecule has 2 aromatic rings. The zero-order chi connectivity index (χ0) is 27.4. The van der Waals surface area contributed by atoms with Crippen molar-refractivity contribution < 1.29 is 14.9 Å². The molecule has 3 N–H and O–H groups in total. The lowest BCUT2D eigenvalue weighted by Crippen LogP contribution is -2.40. The van der Waals surface area contributed by atoms with Gasteiger partial charge in [0.15, 0.2) is 0 Å². The number of pyridine rings is 1. The van der Waals surface area contributed by atoms with Crippen molar-refractivity contribution in [2.24, 2.45) is 0 Å². The molecule has 0 spiro atoms. The number of aliphatic hydroxyl groups is 2. The van der Waals surface area contributed by atoms with E-state index in [1.807, 2.05) is 62.4 Å². The third-order valence-corrected chi connectivity index (χ3v) is 6.82. The number of nitrogens with one attached hydrogen (secondary N) is 1. The van der Waals surface area contributed by atoms with Gasteiger partial charge >= 0.3 is 0 Å². The molecule has 6 heteroatoms. The minimum Gasteiger partial charge on any atom is -0.389 e. The number of fused-ring (bicyclic) bond motifs is 2. The first-order valence-corrected chi connectivity index (χ1v) is 14.2. The van der Waals surface area contributed by atoms with Crippen LogP contribution in [0.25, 0.3) is 10.9 Å². The largest absolute Gasteiger partial charge is 0.389 e. The van der Waals surface area contributed by atoms with Gasteiger partial charge < -0.3 is 20.3 Å². The van der Waals surface area contributed by atoms with Crippen LogP contribution in [0.1, 0.15) is 77.8 Å². The van der Waals surface area contributed by atoms with E-state index < -0.39 is 17.8 Å². The van der Waals surface area contributed by atoms with Gasteiger partial charge in [-0.15, -0.1) is 0 Å². The van der Waals surface area contributed by atoms with E-state index in [1.54, 1.807) is 12.2 Å². The molecular formula is C32H43ClN2O3. The van der Waals surface area contributed by atoms with Crippen LogP contribution >= 0.6 is 11.6 Å². The molecule has 1 unspecified atom stereocenters. The first-order chi connectivity index (χ1) is 18.3. The van der Waals surface area contributed by atoms with E-state index in [2.05, 4.69) is 24.4 Å². The molecule has 38 heavy (non-hydrogen) atoms. The lowest BCUT2D eigenvalue weighted by molar-refractivity contribution is -0.0777. The van der Waals surface area contributed by atoms with Crippen LogP contribution in [0.3, 0.4) is 0 Å². The van der Waals surface area contributed by atoms with Gasteiger partial charge in [0.25, 0.3) is 0 Å². The molecule has 1 aliphatic rings. The summed E-state index contributed by atoms with van der Waals surface area (Å²) in [7, 11) is 0. The summed E-state index contributed by atoms with van der Waals surface area (Å²) in [5.41, 5.74) is 2.23. The Hall–Kier alpha value is -2.44. The van der Waals surface area contributed by atoms with Crippen molar-refractivity contribution >= 4 is 28.2 Å². The third kappa shape index (κ3) is 9.70. The quantitative estimate of drug-likeness (QED) is 0.129. The van der Waals surface area contributed by atoms with Crippen LogP contribution in [-0.4, -0.2) is 33.6 Å². The fraction of sp³-hybridized carbons (Fsp3) is 0.469. The van der Waals surface area contributed by atoms with E-state index in [4.69, 9.17) is 21.3 Å². The fourth-order valence-electron chi connectivity index (χ4n) is 4.53. The number of hydrogen-bond donors (Lipinski definition) is 3. The van der Waals surface area contributed by atoms with Gasteiger partial charge in [-0.2, -0.15) is 0 Å². The van der Waals surface area contributed by atoms with Crippen LogP contribution in [0.15, 0.2) is 72.9 Å². The monoisotopic (exact) mass is 538 g/mol. The highest BCUT2D eigenvalue weighted by Crippen LogP contribution is 2.38. The molecule has 0 radical (unpaired) electrons. The summed E-state index contributed by atoms with van der Waals surface area (Å²) in [5.74, 6) is 0. The summed E-state index contributed by atoms with van der Waals surface area (Å²) in [6.45, 7) is 6.28. The summed E-state index contributed by atoms with van der Waals surface area (Å²) in [4.78, 5) is 4.82. The Morgan fingerprint density at radius 2 is 1.79 bits per heavy atom. The van der Waals surface area contributed by atoms with Crippen LogP contribution in [0, 0.1) is 0 Å². The number of halogens is 1. The van der Waals surface area contributed by atoms with Gasteiger partial charge in [0.1, 0.15) is 11.8 Å². The number of anilines is 1. The summed E-state index contributed by atoms with van der Waals surface area (Å²) >= 11 is 6.17. The van der Waals surface area contributed by atoms with Gasteiger partial charge in [-0.25, -0.2) is 4.98 Å².